The Morgan fingerprint density at radius 3 is 2.93 bits per heavy atom. The van der Waals surface area contributed by atoms with E-state index < -0.39 is 0 Å². The Kier molecular flexibility index (Phi) is 2.56. The van der Waals surface area contributed by atoms with Crippen molar-refractivity contribution < 1.29 is 4.74 Å². The number of ether oxygens (including phenoxy) is 1. The van der Waals surface area contributed by atoms with Gasteiger partial charge in [-0.1, -0.05) is 0 Å². The third-order valence-electron chi connectivity index (χ3n) is 2.61. The number of nitrogens with one attached hydrogen (secondary N) is 1. The van der Waals surface area contributed by atoms with Crippen LogP contribution in [-0.2, 0) is 4.74 Å². The van der Waals surface area contributed by atoms with E-state index in [1.165, 1.54) is 0 Å². The summed E-state index contributed by atoms with van der Waals surface area (Å²) >= 11 is 0. The molecule has 1 saturated heterocycles. The van der Waals surface area contributed by atoms with Crippen LogP contribution in [0.3, 0.4) is 0 Å². The van der Waals surface area contributed by atoms with E-state index in [1.807, 2.05) is 13.8 Å². The smallest absolute Gasteiger partial charge is 0.123 e. The Balaban J connectivity index is 2.24. The number of nitrogens with zero attached hydrogens (tertiary/aromatic N) is 1. The molecule has 0 radical (unpaired) electrons. The van der Waals surface area contributed by atoms with Crippen LogP contribution in [0.2, 0.25) is 0 Å². The highest BCUT2D eigenvalue weighted by molar-refractivity contribution is 5.17. The molecule has 1 aliphatic rings. The standard InChI is InChI=1S/C10H17N3O/c1-6(11)10-12-7(2)9(13-10)8-4-3-5-14-8/h6,8H,3-5,11H2,1-2H3,(H,12,13). The molecule has 0 bridgehead atoms. The number of hydrogen-bond donors (Lipinski definition) is 2. The van der Waals surface area contributed by atoms with Crippen LogP contribution in [0.4, 0.5) is 0 Å². The van der Waals surface area contributed by atoms with Gasteiger partial charge in [-0.3, -0.25) is 0 Å². The van der Waals surface area contributed by atoms with Crippen LogP contribution in [0.25, 0.3) is 0 Å². The summed E-state index contributed by atoms with van der Waals surface area (Å²) in [6.45, 7) is 4.80. The molecule has 2 rings (SSSR count). The van der Waals surface area contributed by atoms with Gasteiger partial charge < -0.3 is 15.5 Å². The first-order chi connectivity index (χ1) is 6.68. The third kappa shape index (κ3) is 1.67. The first kappa shape index (κ1) is 9.68. The average Bonchev–Trinajstić information content (AvgIpc) is 2.71. The minimum absolute atomic E-state index is 0.0381. The van der Waals surface area contributed by atoms with Gasteiger partial charge in [0, 0.05) is 12.3 Å². The van der Waals surface area contributed by atoms with Gasteiger partial charge in [0.25, 0.3) is 0 Å². The molecular formula is C10H17N3O. The summed E-state index contributed by atoms with van der Waals surface area (Å²) in [4.78, 5) is 7.69. The van der Waals surface area contributed by atoms with Crippen LogP contribution >= 0.6 is 0 Å². The fourth-order valence-corrected chi connectivity index (χ4v) is 1.82. The van der Waals surface area contributed by atoms with Crippen molar-refractivity contribution in [2.75, 3.05) is 6.61 Å². The minimum Gasteiger partial charge on any atom is -0.372 e. The topological polar surface area (TPSA) is 63.9 Å². The van der Waals surface area contributed by atoms with E-state index in [0.717, 1.165) is 36.7 Å². The highest BCUT2D eigenvalue weighted by atomic mass is 16.5. The number of rotatable bonds is 2. The molecule has 2 heterocycles. The van der Waals surface area contributed by atoms with E-state index in [4.69, 9.17) is 10.5 Å². The van der Waals surface area contributed by atoms with Crippen LogP contribution in [0.15, 0.2) is 0 Å². The maximum atomic E-state index is 5.76. The van der Waals surface area contributed by atoms with Crippen molar-refractivity contribution in [3.63, 3.8) is 0 Å². The average molecular weight is 195 g/mol. The van der Waals surface area contributed by atoms with E-state index in [9.17, 15) is 0 Å². The molecule has 1 fully saturated rings. The van der Waals surface area contributed by atoms with Gasteiger partial charge in [0.2, 0.25) is 0 Å². The molecule has 3 N–H and O–H groups in total. The van der Waals surface area contributed by atoms with Gasteiger partial charge in [0.05, 0.1) is 11.7 Å². The lowest BCUT2D eigenvalue weighted by molar-refractivity contribution is 0.108. The van der Waals surface area contributed by atoms with Crippen molar-refractivity contribution in [3.8, 4) is 0 Å². The van der Waals surface area contributed by atoms with Crippen LogP contribution < -0.4 is 5.73 Å². The molecule has 0 aromatic carbocycles. The summed E-state index contributed by atoms with van der Waals surface area (Å²) in [6, 6.07) is -0.0381. The summed E-state index contributed by atoms with van der Waals surface area (Å²) in [6.07, 6.45) is 2.38. The van der Waals surface area contributed by atoms with Crippen LogP contribution in [0.5, 0.6) is 0 Å². The molecule has 14 heavy (non-hydrogen) atoms. The van der Waals surface area contributed by atoms with Gasteiger partial charge in [-0.05, 0) is 26.7 Å². The number of nitrogens with two attached hydrogens (primary N) is 1. The van der Waals surface area contributed by atoms with E-state index in [1.54, 1.807) is 0 Å². The second-order valence-corrected chi connectivity index (χ2v) is 3.92. The molecule has 4 heteroatoms. The lowest BCUT2D eigenvalue weighted by atomic mass is 10.1. The van der Waals surface area contributed by atoms with Gasteiger partial charge in [-0.2, -0.15) is 0 Å². The first-order valence-corrected chi connectivity index (χ1v) is 5.12. The minimum atomic E-state index is -0.0381. The number of aryl methyl sites for hydroxylation is 1. The fraction of sp³-hybridized carbons (Fsp3) is 0.700. The quantitative estimate of drug-likeness (QED) is 0.753. The molecule has 1 aromatic rings. The zero-order valence-corrected chi connectivity index (χ0v) is 8.71. The Morgan fingerprint density at radius 2 is 2.43 bits per heavy atom. The molecule has 2 unspecified atom stereocenters. The molecule has 2 atom stereocenters. The lowest BCUT2D eigenvalue weighted by Gasteiger charge is -2.06. The Labute approximate surface area is 83.9 Å². The summed E-state index contributed by atoms with van der Waals surface area (Å²) < 4.78 is 5.59. The van der Waals surface area contributed by atoms with E-state index in [-0.39, 0.29) is 12.1 Å². The third-order valence-corrected chi connectivity index (χ3v) is 2.61. The largest absolute Gasteiger partial charge is 0.372 e. The highest BCUT2D eigenvalue weighted by Gasteiger charge is 2.23. The first-order valence-electron chi connectivity index (χ1n) is 5.12. The van der Waals surface area contributed by atoms with Gasteiger partial charge in [0.15, 0.2) is 0 Å². The monoisotopic (exact) mass is 195 g/mol. The van der Waals surface area contributed by atoms with Crippen molar-refractivity contribution in [2.45, 2.75) is 38.8 Å². The Hall–Kier alpha value is -0.870. The van der Waals surface area contributed by atoms with E-state index in [0.29, 0.717) is 0 Å². The molecule has 0 aliphatic carbocycles. The highest BCUT2D eigenvalue weighted by Crippen LogP contribution is 2.29. The van der Waals surface area contributed by atoms with Gasteiger partial charge in [-0.15, -0.1) is 0 Å². The second kappa shape index (κ2) is 3.71. The summed E-state index contributed by atoms with van der Waals surface area (Å²) in [5.74, 6) is 0.855. The Bertz CT molecular complexity index is 313. The van der Waals surface area contributed by atoms with Crippen molar-refractivity contribution in [1.82, 2.24) is 9.97 Å². The maximum Gasteiger partial charge on any atom is 0.123 e. The van der Waals surface area contributed by atoms with Crippen LogP contribution in [0, 0.1) is 6.92 Å². The van der Waals surface area contributed by atoms with Crippen LogP contribution in [0.1, 0.15) is 49.1 Å². The summed E-state index contributed by atoms with van der Waals surface area (Å²) in [7, 11) is 0. The van der Waals surface area contributed by atoms with Crippen molar-refractivity contribution in [1.29, 1.82) is 0 Å². The van der Waals surface area contributed by atoms with Gasteiger partial charge in [0.1, 0.15) is 11.9 Å². The number of aromatic nitrogens is 2. The molecule has 1 aromatic heterocycles. The molecule has 4 nitrogen and oxygen atoms in total. The fourth-order valence-electron chi connectivity index (χ4n) is 1.82. The number of aromatic amines is 1. The van der Waals surface area contributed by atoms with Crippen molar-refractivity contribution >= 4 is 0 Å². The van der Waals surface area contributed by atoms with Crippen molar-refractivity contribution in [2.24, 2.45) is 5.73 Å². The molecular weight excluding hydrogens is 178 g/mol. The van der Waals surface area contributed by atoms with E-state index in [2.05, 4.69) is 9.97 Å². The summed E-state index contributed by atoms with van der Waals surface area (Å²) in [5, 5.41) is 0. The SMILES string of the molecule is Cc1[nH]c(C(C)N)nc1C1CCCO1. The predicted octanol–water partition coefficient (Wildman–Crippen LogP) is 1.59. The molecule has 1 aliphatic heterocycles. The maximum absolute atomic E-state index is 5.76. The lowest BCUT2D eigenvalue weighted by Crippen LogP contribution is -2.07. The molecule has 0 saturated carbocycles. The Morgan fingerprint density at radius 1 is 1.64 bits per heavy atom. The number of H-pyrrole nitrogens is 1. The number of imidazole rings is 1. The zero-order valence-electron chi connectivity index (χ0n) is 8.71. The second-order valence-electron chi connectivity index (χ2n) is 3.92. The molecule has 0 spiro atoms. The number of hydrogen-bond acceptors (Lipinski definition) is 3. The molecule has 78 valence electrons. The zero-order chi connectivity index (χ0) is 10.1. The van der Waals surface area contributed by atoms with Crippen molar-refractivity contribution in [3.05, 3.63) is 17.2 Å². The van der Waals surface area contributed by atoms with Crippen LogP contribution in [-0.4, -0.2) is 16.6 Å². The van der Waals surface area contributed by atoms with E-state index >= 15 is 0 Å². The summed E-state index contributed by atoms with van der Waals surface area (Å²) in [5.41, 5.74) is 7.88. The predicted molar refractivity (Wildman–Crippen MR) is 53.9 cm³/mol. The normalized spacial score (nSPS) is 24.1. The molecule has 0 amide bonds. The van der Waals surface area contributed by atoms with Gasteiger partial charge in [-0.25, -0.2) is 4.98 Å². The van der Waals surface area contributed by atoms with Gasteiger partial charge >= 0.3 is 0 Å².